The summed E-state index contributed by atoms with van der Waals surface area (Å²) < 4.78 is 5.40. The summed E-state index contributed by atoms with van der Waals surface area (Å²) in [6, 6.07) is 9.25. The summed E-state index contributed by atoms with van der Waals surface area (Å²) in [5.41, 5.74) is 21.5. The molecule has 25 heavy (non-hydrogen) atoms. The minimum atomic E-state index is 0.217. The number of aryl methyl sites for hydroxylation is 1. The van der Waals surface area contributed by atoms with E-state index in [4.69, 9.17) is 27.5 Å². The van der Waals surface area contributed by atoms with Crippen LogP contribution in [0, 0.1) is 6.92 Å². The predicted octanol–water partition coefficient (Wildman–Crippen LogP) is 0.834. The molecule has 0 radical (unpaired) electrons. The Morgan fingerprint density at radius 2 is 2.00 bits per heavy atom. The van der Waals surface area contributed by atoms with E-state index in [9.17, 15) is 0 Å². The fourth-order valence-electron chi connectivity index (χ4n) is 2.53. The zero-order valence-corrected chi connectivity index (χ0v) is 13.9. The van der Waals surface area contributed by atoms with Crippen molar-refractivity contribution < 1.29 is 4.42 Å². The van der Waals surface area contributed by atoms with Crippen molar-refractivity contribution in [2.45, 2.75) is 13.5 Å². The van der Waals surface area contributed by atoms with E-state index in [0.29, 0.717) is 35.4 Å². The molecule has 0 bridgehead atoms. The van der Waals surface area contributed by atoms with Gasteiger partial charge in [0.1, 0.15) is 17.2 Å². The highest BCUT2D eigenvalue weighted by molar-refractivity contribution is 6.12. The Kier molecular flexibility index (Phi) is 4.44. The number of amidine groups is 1. The smallest absolute Gasteiger partial charge is 0.170 e. The third kappa shape index (κ3) is 3.48. The van der Waals surface area contributed by atoms with Gasteiger partial charge >= 0.3 is 0 Å². The van der Waals surface area contributed by atoms with Crippen molar-refractivity contribution in [3.05, 3.63) is 65.0 Å². The summed E-state index contributed by atoms with van der Waals surface area (Å²) in [6.45, 7) is 2.55. The van der Waals surface area contributed by atoms with E-state index in [1.165, 1.54) is 5.01 Å². The second kappa shape index (κ2) is 6.70. The molecule has 2 heterocycles. The largest absolute Gasteiger partial charge is 0.463 e. The Hall–Kier alpha value is -3.26. The third-order valence-corrected chi connectivity index (χ3v) is 3.86. The van der Waals surface area contributed by atoms with Gasteiger partial charge in [0, 0.05) is 5.69 Å². The van der Waals surface area contributed by atoms with Gasteiger partial charge in [-0.3, -0.25) is 10.0 Å². The summed E-state index contributed by atoms with van der Waals surface area (Å²) >= 11 is 0. The molecule has 8 heteroatoms. The minimum Gasteiger partial charge on any atom is -0.463 e. The van der Waals surface area contributed by atoms with Gasteiger partial charge in [-0.25, -0.2) is 10.8 Å². The lowest BCUT2D eigenvalue weighted by Crippen LogP contribution is -2.33. The number of aliphatic imine (C=N–C) groups is 2. The zero-order chi connectivity index (χ0) is 18.0. The van der Waals surface area contributed by atoms with E-state index in [2.05, 4.69) is 9.98 Å². The summed E-state index contributed by atoms with van der Waals surface area (Å²) in [4.78, 5) is 8.70. The number of allylic oxidation sites excluding steroid dienone is 1. The topological polar surface area (TPSA) is 145 Å². The van der Waals surface area contributed by atoms with Crippen molar-refractivity contribution in [1.82, 2.24) is 5.01 Å². The van der Waals surface area contributed by atoms with Crippen molar-refractivity contribution in [1.29, 1.82) is 0 Å². The molecule has 0 fully saturated rings. The van der Waals surface area contributed by atoms with Crippen LogP contribution in [0.3, 0.4) is 0 Å². The fraction of sp³-hybridized carbons (Fsp3) is 0.176. The van der Waals surface area contributed by atoms with Crippen molar-refractivity contribution in [3.63, 3.8) is 0 Å². The summed E-state index contributed by atoms with van der Waals surface area (Å²) in [7, 11) is 0. The molecule has 2 aromatic rings. The van der Waals surface area contributed by atoms with E-state index in [1.54, 1.807) is 18.4 Å². The van der Waals surface area contributed by atoms with Crippen molar-refractivity contribution >= 4 is 17.2 Å². The molecule has 0 spiro atoms. The summed E-state index contributed by atoms with van der Waals surface area (Å²) in [6.07, 6.45) is 1.55. The van der Waals surface area contributed by atoms with Crippen LogP contribution in [0.1, 0.15) is 16.9 Å². The van der Waals surface area contributed by atoms with Gasteiger partial charge in [-0.15, -0.1) is 0 Å². The molecule has 0 saturated carbocycles. The van der Waals surface area contributed by atoms with Crippen LogP contribution in [-0.2, 0) is 6.54 Å². The van der Waals surface area contributed by atoms with Crippen molar-refractivity contribution in [2.24, 2.45) is 27.3 Å². The molecule has 0 amide bonds. The number of anilines is 1. The molecule has 1 aliphatic rings. The number of furan rings is 1. The summed E-state index contributed by atoms with van der Waals surface area (Å²) in [5, 5.41) is 1.44. The molecule has 8 nitrogen and oxygen atoms in total. The van der Waals surface area contributed by atoms with Crippen molar-refractivity contribution in [2.75, 3.05) is 12.3 Å². The molecule has 0 atom stereocenters. The van der Waals surface area contributed by atoms with E-state index in [-0.39, 0.29) is 6.54 Å². The first-order chi connectivity index (χ1) is 12.0. The normalized spacial score (nSPS) is 14.8. The van der Waals surface area contributed by atoms with E-state index in [0.717, 1.165) is 16.8 Å². The lowest BCUT2D eigenvalue weighted by molar-refractivity contribution is 0.345. The molecule has 1 aromatic heterocycles. The average Bonchev–Trinajstić information content (AvgIpc) is 3.05. The second-order valence-electron chi connectivity index (χ2n) is 5.80. The highest BCUT2D eigenvalue weighted by atomic mass is 16.3. The van der Waals surface area contributed by atoms with Gasteiger partial charge in [0.05, 0.1) is 19.4 Å². The highest BCUT2D eigenvalue weighted by Crippen LogP contribution is 2.19. The number of hydrogen-bond acceptors (Lipinski definition) is 8. The van der Waals surface area contributed by atoms with Crippen LogP contribution in [0.2, 0.25) is 0 Å². The van der Waals surface area contributed by atoms with E-state index >= 15 is 0 Å². The fourth-order valence-corrected chi connectivity index (χ4v) is 2.53. The first-order valence-electron chi connectivity index (χ1n) is 7.74. The maximum absolute atomic E-state index is 6.27. The van der Waals surface area contributed by atoms with Crippen LogP contribution in [0.15, 0.2) is 62.5 Å². The van der Waals surface area contributed by atoms with E-state index in [1.807, 2.05) is 25.1 Å². The maximum Gasteiger partial charge on any atom is 0.170 e. The number of hydrogen-bond donors (Lipinski definition) is 4. The molecule has 0 aliphatic carbocycles. The molecule has 8 N–H and O–H groups in total. The molecular weight excluding hydrogens is 318 g/mol. The number of benzene rings is 1. The first kappa shape index (κ1) is 16.6. The van der Waals surface area contributed by atoms with Gasteiger partial charge in [0.15, 0.2) is 11.6 Å². The average molecular weight is 339 g/mol. The van der Waals surface area contributed by atoms with Gasteiger partial charge in [0.25, 0.3) is 0 Å². The van der Waals surface area contributed by atoms with Crippen LogP contribution >= 0.6 is 0 Å². The lowest BCUT2D eigenvalue weighted by Gasteiger charge is -2.21. The quantitative estimate of drug-likeness (QED) is 0.369. The Bertz CT molecular complexity index is 865. The maximum atomic E-state index is 6.27. The van der Waals surface area contributed by atoms with Crippen LogP contribution in [0.4, 0.5) is 5.69 Å². The number of nitrogen functional groups attached to an aromatic ring is 1. The standard InChI is InChI=1S/C17H21N7O/c1-10-7-11(4-5-12(10)18)9-24(21)17-15(20)16(13-3-2-6-25-13)22-8-14(19)23-17/h2-7H,8-9,18,20-21H2,1H3,(H2,19,23). The molecule has 0 saturated heterocycles. The lowest BCUT2D eigenvalue weighted by atomic mass is 10.1. The summed E-state index contributed by atoms with van der Waals surface area (Å²) in [5.74, 6) is 7.43. The molecule has 130 valence electrons. The van der Waals surface area contributed by atoms with Gasteiger partial charge in [-0.2, -0.15) is 0 Å². The van der Waals surface area contributed by atoms with Gasteiger partial charge in [0.2, 0.25) is 0 Å². The SMILES string of the molecule is Cc1cc(CN(N)C2=C(N)C(c3ccco3)=NCC(N)=N2)ccc1N. The van der Waals surface area contributed by atoms with Crippen LogP contribution in [0.5, 0.6) is 0 Å². The Morgan fingerprint density at radius 3 is 2.68 bits per heavy atom. The second-order valence-corrected chi connectivity index (χ2v) is 5.80. The van der Waals surface area contributed by atoms with Crippen LogP contribution in [-0.4, -0.2) is 23.1 Å². The first-order valence-corrected chi connectivity index (χ1v) is 7.74. The monoisotopic (exact) mass is 339 g/mol. The number of hydrazine groups is 1. The number of nitrogens with two attached hydrogens (primary N) is 4. The Morgan fingerprint density at radius 1 is 1.20 bits per heavy atom. The number of nitrogens with zero attached hydrogens (tertiary/aromatic N) is 3. The minimum absolute atomic E-state index is 0.217. The van der Waals surface area contributed by atoms with Gasteiger partial charge < -0.3 is 21.6 Å². The predicted molar refractivity (Wildman–Crippen MR) is 98.3 cm³/mol. The molecule has 1 aliphatic heterocycles. The molecule has 1 aromatic carbocycles. The van der Waals surface area contributed by atoms with Gasteiger partial charge in [-0.05, 0) is 36.2 Å². The molecule has 3 rings (SSSR count). The third-order valence-electron chi connectivity index (χ3n) is 3.86. The highest BCUT2D eigenvalue weighted by Gasteiger charge is 2.21. The van der Waals surface area contributed by atoms with Crippen LogP contribution in [0.25, 0.3) is 0 Å². The number of rotatable bonds is 4. The van der Waals surface area contributed by atoms with Crippen molar-refractivity contribution in [3.8, 4) is 0 Å². The van der Waals surface area contributed by atoms with E-state index < -0.39 is 0 Å². The molecular formula is C17H21N7O. The Labute approximate surface area is 145 Å². The van der Waals surface area contributed by atoms with Gasteiger partial charge in [-0.1, -0.05) is 12.1 Å². The molecule has 0 unspecified atom stereocenters. The van der Waals surface area contributed by atoms with Crippen LogP contribution < -0.4 is 23.0 Å². The Balaban J connectivity index is 1.94. The zero-order valence-electron chi connectivity index (χ0n) is 13.9.